The summed E-state index contributed by atoms with van der Waals surface area (Å²) in [6.45, 7) is 2.69. The first-order chi connectivity index (χ1) is 15.1. The van der Waals surface area contributed by atoms with Gasteiger partial charge in [0, 0.05) is 37.9 Å². The lowest BCUT2D eigenvalue weighted by Gasteiger charge is -2.35. The fourth-order valence-corrected chi connectivity index (χ4v) is 6.04. The van der Waals surface area contributed by atoms with E-state index in [1.165, 1.54) is 12.1 Å². The number of halogens is 3. The van der Waals surface area contributed by atoms with Crippen molar-refractivity contribution in [2.24, 2.45) is 0 Å². The molecule has 0 bridgehead atoms. The summed E-state index contributed by atoms with van der Waals surface area (Å²) in [5.41, 5.74) is 0.849. The first kappa shape index (κ1) is 22.8. The molecule has 2 aromatic rings. The highest BCUT2D eigenvalue weighted by atomic mass is 32.2. The van der Waals surface area contributed by atoms with Gasteiger partial charge in [-0.1, -0.05) is 30.3 Å². The third-order valence-corrected chi connectivity index (χ3v) is 7.93. The van der Waals surface area contributed by atoms with Gasteiger partial charge in [0.05, 0.1) is 17.0 Å². The fourth-order valence-electron chi connectivity index (χ4n) is 4.41. The molecule has 2 aliphatic rings. The maximum Gasteiger partial charge on any atom is 0.417 e. The predicted molar refractivity (Wildman–Crippen MR) is 114 cm³/mol. The molecule has 4 rings (SSSR count). The van der Waals surface area contributed by atoms with Crippen molar-refractivity contribution in [2.75, 3.05) is 37.6 Å². The zero-order valence-electron chi connectivity index (χ0n) is 17.5. The quantitative estimate of drug-likeness (QED) is 0.694. The second-order valence-corrected chi connectivity index (χ2v) is 10.0. The molecule has 2 heterocycles. The number of benzene rings is 2. The highest BCUT2D eigenvalue weighted by molar-refractivity contribution is 7.89. The summed E-state index contributed by atoms with van der Waals surface area (Å²) in [5, 5.41) is 0. The minimum atomic E-state index is -4.76. The third-order valence-electron chi connectivity index (χ3n) is 5.98. The predicted octanol–water partition coefficient (Wildman–Crippen LogP) is 2.99. The van der Waals surface area contributed by atoms with Gasteiger partial charge in [-0.3, -0.25) is 9.69 Å². The van der Waals surface area contributed by atoms with Gasteiger partial charge in [0.15, 0.2) is 0 Å². The van der Waals surface area contributed by atoms with Crippen molar-refractivity contribution in [3.63, 3.8) is 0 Å². The summed E-state index contributed by atoms with van der Waals surface area (Å²) in [4.78, 5) is 15.9. The van der Waals surface area contributed by atoms with Crippen LogP contribution in [0.15, 0.2) is 53.4 Å². The number of alkyl halides is 3. The van der Waals surface area contributed by atoms with E-state index in [4.69, 9.17) is 0 Å². The van der Waals surface area contributed by atoms with Crippen molar-refractivity contribution in [1.29, 1.82) is 0 Å². The van der Waals surface area contributed by atoms with E-state index in [0.29, 0.717) is 0 Å². The second-order valence-electron chi connectivity index (χ2n) is 8.12. The summed E-state index contributed by atoms with van der Waals surface area (Å²) < 4.78 is 66.8. The Morgan fingerprint density at radius 1 is 1.00 bits per heavy atom. The maximum absolute atomic E-state index is 13.3. The van der Waals surface area contributed by atoms with E-state index in [2.05, 4.69) is 0 Å². The molecular weight excluding hydrogens is 443 g/mol. The number of nitrogens with zero attached hydrogens (tertiary/aromatic N) is 3. The van der Waals surface area contributed by atoms with Crippen LogP contribution in [0.1, 0.15) is 18.1 Å². The second kappa shape index (κ2) is 8.49. The Bertz CT molecular complexity index is 1110. The fraction of sp³-hybridized carbons (Fsp3) is 0.409. The van der Waals surface area contributed by atoms with E-state index in [0.717, 1.165) is 34.1 Å². The SMILES string of the molecule is CC1Cc2ccccc2N1C(=O)CN1CCN(S(=O)(=O)c2ccccc2C(F)(F)F)CC1. The smallest absolute Gasteiger partial charge is 0.308 e. The standard InChI is InChI=1S/C22H24F3N3O3S/c1-16-14-17-6-2-4-8-19(17)28(16)21(29)15-26-10-12-27(13-11-26)32(30,31)20-9-5-3-7-18(20)22(23,24)25/h2-9,16H,10-15H2,1H3. The number of carbonyl (C=O) groups excluding carboxylic acids is 1. The van der Waals surface area contributed by atoms with Crippen molar-refractivity contribution < 1.29 is 26.4 Å². The van der Waals surface area contributed by atoms with Crippen LogP contribution in [0, 0.1) is 0 Å². The summed E-state index contributed by atoms with van der Waals surface area (Å²) in [6.07, 6.45) is -3.98. The van der Waals surface area contributed by atoms with Crippen molar-refractivity contribution in [2.45, 2.75) is 30.5 Å². The summed E-state index contributed by atoms with van der Waals surface area (Å²) in [6, 6.07) is 12.0. The number of rotatable bonds is 4. The number of carbonyl (C=O) groups is 1. The highest BCUT2D eigenvalue weighted by Gasteiger charge is 2.40. The molecule has 1 atom stereocenters. The summed E-state index contributed by atoms with van der Waals surface area (Å²) in [5.74, 6) is -0.0684. The number of hydrogen-bond donors (Lipinski definition) is 0. The Labute approximate surface area is 185 Å². The lowest BCUT2D eigenvalue weighted by molar-refractivity contribution is -0.140. The van der Waals surface area contributed by atoms with E-state index in [9.17, 15) is 26.4 Å². The van der Waals surface area contributed by atoms with Crippen LogP contribution in [-0.2, 0) is 27.4 Å². The van der Waals surface area contributed by atoms with E-state index in [-0.39, 0.29) is 44.7 Å². The molecular formula is C22H24F3N3O3S. The van der Waals surface area contributed by atoms with E-state index < -0.39 is 26.7 Å². The topological polar surface area (TPSA) is 60.9 Å². The molecule has 0 aliphatic carbocycles. The van der Waals surface area contributed by atoms with Gasteiger partial charge in [0.2, 0.25) is 15.9 Å². The number of amides is 1. The Morgan fingerprint density at radius 2 is 1.62 bits per heavy atom. The van der Waals surface area contributed by atoms with Gasteiger partial charge in [0.25, 0.3) is 0 Å². The summed E-state index contributed by atoms with van der Waals surface area (Å²) in [7, 11) is -4.30. The molecule has 172 valence electrons. The average Bonchev–Trinajstić information content (AvgIpc) is 3.09. The van der Waals surface area contributed by atoms with Gasteiger partial charge < -0.3 is 4.90 Å². The molecule has 6 nitrogen and oxygen atoms in total. The molecule has 0 spiro atoms. The molecule has 0 radical (unpaired) electrons. The lowest BCUT2D eigenvalue weighted by Crippen LogP contribution is -2.52. The van der Waals surface area contributed by atoms with Crippen molar-refractivity contribution in [3.8, 4) is 0 Å². The van der Waals surface area contributed by atoms with Crippen LogP contribution >= 0.6 is 0 Å². The van der Waals surface area contributed by atoms with Gasteiger partial charge >= 0.3 is 6.18 Å². The Kier molecular flexibility index (Phi) is 6.04. The Hall–Kier alpha value is -2.43. The highest BCUT2D eigenvalue weighted by Crippen LogP contribution is 2.35. The van der Waals surface area contributed by atoms with Crippen molar-refractivity contribution in [3.05, 3.63) is 59.7 Å². The van der Waals surface area contributed by atoms with Gasteiger partial charge in [-0.25, -0.2) is 8.42 Å². The number of piperazine rings is 1. The zero-order chi connectivity index (χ0) is 23.1. The van der Waals surface area contributed by atoms with E-state index in [1.807, 2.05) is 36.1 Å². The van der Waals surface area contributed by atoms with Gasteiger partial charge in [-0.05, 0) is 37.1 Å². The maximum atomic E-state index is 13.3. The van der Waals surface area contributed by atoms with Crippen LogP contribution in [0.4, 0.5) is 18.9 Å². The Balaban J connectivity index is 1.42. The van der Waals surface area contributed by atoms with Crippen molar-refractivity contribution in [1.82, 2.24) is 9.21 Å². The molecule has 2 aromatic carbocycles. The molecule has 10 heteroatoms. The monoisotopic (exact) mass is 467 g/mol. The first-order valence-electron chi connectivity index (χ1n) is 10.4. The largest absolute Gasteiger partial charge is 0.417 e. The van der Waals surface area contributed by atoms with Crippen LogP contribution < -0.4 is 4.90 Å². The number of fused-ring (bicyclic) bond motifs is 1. The molecule has 0 N–H and O–H groups in total. The molecule has 0 saturated carbocycles. The normalized spacial score (nSPS) is 20.4. The molecule has 1 unspecified atom stereocenters. The number of sulfonamides is 1. The molecule has 32 heavy (non-hydrogen) atoms. The van der Waals surface area contributed by atoms with Crippen LogP contribution in [0.25, 0.3) is 0 Å². The van der Waals surface area contributed by atoms with Crippen LogP contribution in [-0.4, -0.2) is 62.3 Å². The average molecular weight is 468 g/mol. The molecule has 1 fully saturated rings. The number of para-hydroxylation sites is 1. The first-order valence-corrected chi connectivity index (χ1v) is 11.8. The van der Waals surface area contributed by atoms with E-state index >= 15 is 0 Å². The van der Waals surface area contributed by atoms with Crippen LogP contribution in [0.2, 0.25) is 0 Å². The van der Waals surface area contributed by atoms with Crippen molar-refractivity contribution >= 4 is 21.6 Å². The van der Waals surface area contributed by atoms with E-state index in [1.54, 1.807) is 4.90 Å². The minimum Gasteiger partial charge on any atom is -0.308 e. The lowest BCUT2D eigenvalue weighted by atomic mass is 10.1. The molecule has 1 amide bonds. The molecule has 2 aliphatic heterocycles. The van der Waals surface area contributed by atoms with Gasteiger partial charge in [0.1, 0.15) is 0 Å². The third kappa shape index (κ3) is 4.26. The van der Waals surface area contributed by atoms with Gasteiger partial charge in [-0.15, -0.1) is 0 Å². The molecule has 1 saturated heterocycles. The van der Waals surface area contributed by atoms with Gasteiger partial charge in [-0.2, -0.15) is 17.5 Å². The van der Waals surface area contributed by atoms with Crippen LogP contribution in [0.5, 0.6) is 0 Å². The van der Waals surface area contributed by atoms with Crippen LogP contribution in [0.3, 0.4) is 0 Å². The number of anilines is 1. The summed E-state index contributed by atoms with van der Waals surface area (Å²) >= 11 is 0. The number of hydrogen-bond acceptors (Lipinski definition) is 4. The molecule has 0 aromatic heterocycles. The zero-order valence-corrected chi connectivity index (χ0v) is 18.4. The Morgan fingerprint density at radius 3 is 2.31 bits per heavy atom. The minimum absolute atomic E-state index is 0.0218.